The van der Waals surface area contributed by atoms with Crippen LogP contribution in [0.1, 0.15) is 34.6 Å². The molecule has 1 unspecified atom stereocenters. The Labute approximate surface area is 137 Å². The SMILES string of the molecule is C/C=C(\C)C(=O)N1CCOCC1(CO)CNC(=O)OC(C)(C)C. The summed E-state index contributed by atoms with van der Waals surface area (Å²) in [6.45, 7) is 9.47. The zero-order valence-corrected chi connectivity index (χ0v) is 14.6. The fourth-order valence-corrected chi connectivity index (χ4v) is 2.27. The highest BCUT2D eigenvalue weighted by Gasteiger charge is 2.42. The van der Waals surface area contributed by atoms with E-state index in [1.54, 1.807) is 45.6 Å². The molecule has 0 radical (unpaired) electrons. The van der Waals surface area contributed by atoms with E-state index in [9.17, 15) is 14.7 Å². The molecular formula is C16H28N2O5. The Morgan fingerprint density at radius 1 is 1.43 bits per heavy atom. The highest BCUT2D eigenvalue weighted by molar-refractivity contribution is 5.93. The molecule has 1 fully saturated rings. The molecule has 0 aromatic rings. The van der Waals surface area contributed by atoms with Gasteiger partial charge in [-0.2, -0.15) is 0 Å². The molecule has 0 bridgehead atoms. The van der Waals surface area contributed by atoms with Gasteiger partial charge in [0, 0.05) is 18.7 Å². The second kappa shape index (κ2) is 7.79. The number of allylic oxidation sites excluding steroid dienone is 1. The van der Waals surface area contributed by atoms with Crippen molar-refractivity contribution in [2.45, 2.75) is 45.8 Å². The minimum atomic E-state index is -0.990. The van der Waals surface area contributed by atoms with Crippen LogP contribution in [0.25, 0.3) is 0 Å². The first-order valence-corrected chi connectivity index (χ1v) is 7.75. The van der Waals surface area contributed by atoms with Gasteiger partial charge >= 0.3 is 6.09 Å². The molecule has 1 saturated heterocycles. The quantitative estimate of drug-likeness (QED) is 0.754. The number of hydrogen-bond donors (Lipinski definition) is 2. The number of carbonyl (C=O) groups is 2. The number of hydrogen-bond acceptors (Lipinski definition) is 5. The van der Waals surface area contributed by atoms with Crippen LogP contribution >= 0.6 is 0 Å². The van der Waals surface area contributed by atoms with Gasteiger partial charge in [0.25, 0.3) is 0 Å². The molecule has 1 atom stereocenters. The van der Waals surface area contributed by atoms with Crippen LogP contribution in [-0.4, -0.2) is 66.1 Å². The Morgan fingerprint density at radius 3 is 2.61 bits per heavy atom. The molecule has 0 aromatic heterocycles. The zero-order valence-electron chi connectivity index (χ0n) is 14.6. The predicted octanol–water partition coefficient (Wildman–Crippen LogP) is 1.07. The number of carbonyl (C=O) groups excluding carboxylic acids is 2. The highest BCUT2D eigenvalue weighted by atomic mass is 16.6. The molecule has 0 aliphatic carbocycles. The lowest BCUT2D eigenvalue weighted by molar-refractivity contribution is -0.149. The van der Waals surface area contributed by atoms with Crippen molar-refractivity contribution in [2.24, 2.45) is 0 Å². The second-order valence-corrected chi connectivity index (χ2v) is 6.72. The first-order valence-electron chi connectivity index (χ1n) is 7.75. The molecule has 1 aliphatic heterocycles. The van der Waals surface area contributed by atoms with E-state index >= 15 is 0 Å². The number of aliphatic hydroxyl groups excluding tert-OH is 1. The van der Waals surface area contributed by atoms with E-state index in [2.05, 4.69) is 5.32 Å². The van der Waals surface area contributed by atoms with Crippen LogP contribution in [0.4, 0.5) is 4.79 Å². The zero-order chi connectivity index (χ0) is 17.7. The molecule has 2 amide bonds. The van der Waals surface area contributed by atoms with Crippen LogP contribution in [0.5, 0.6) is 0 Å². The maximum absolute atomic E-state index is 12.5. The number of aliphatic hydroxyl groups is 1. The largest absolute Gasteiger partial charge is 0.444 e. The number of nitrogens with zero attached hydrogens (tertiary/aromatic N) is 1. The molecule has 7 heteroatoms. The molecule has 132 valence electrons. The molecule has 2 N–H and O–H groups in total. The van der Waals surface area contributed by atoms with Crippen molar-refractivity contribution in [2.75, 3.05) is 32.9 Å². The molecule has 23 heavy (non-hydrogen) atoms. The van der Waals surface area contributed by atoms with Crippen molar-refractivity contribution in [3.05, 3.63) is 11.6 Å². The van der Waals surface area contributed by atoms with Gasteiger partial charge in [-0.15, -0.1) is 0 Å². The monoisotopic (exact) mass is 328 g/mol. The van der Waals surface area contributed by atoms with E-state index < -0.39 is 17.2 Å². The maximum Gasteiger partial charge on any atom is 0.407 e. The Bertz CT molecular complexity index is 470. The number of alkyl carbamates (subject to hydrolysis) is 1. The fraction of sp³-hybridized carbons (Fsp3) is 0.750. The van der Waals surface area contributed by atoms with Crippen molar-refractivity contribution in [1.82, 2.24) is 10.2 Å². The van der Waals surface area contributed by atoms with Crippen LogP contribution in [0.3, 0.4) is 0 Å². The lowest BCUT2D eigenvalue weighted by atomic mass is 9.96. The smallest absolute Gasteiger partial charge is 0.407 e. The summed E-state index contributed by atoms with van der Waals surface area (Å²) < 4.78 is 10.6. The number of morpholine rings is 1. The van der Waals surface area contributed by atoms with E-state index in [0.717, 1.165) is 0 Å². The van der Waals surface area contributed by atoms with Gasteiger partial charge in [-0.3, -0.25) is 4.79 Å². The van der Waals surface area contributed by atoms with Gasteiger partial charge in [0.05, 0.1) is 19.8 Å². The standard InChI is InChI=1S/C16H28N2O5/c1-6-12(2)13(20)18-7-8-22-11-16(18,10-19)9-17-14(21)23-15(3,4)5/h6,19H,7-11H2,1-5H3,(H,17,21)/b12-6+. The van der Waals surface area contributed by atoms with E-state index in [-0.39, 0.29) is 25.7 Å². The van der Waals surface area contributed by atoms with Crippen LogP contribution in [0.15, 0.2) is 11.6 Å². The van der Waals surface area contributed by atoms with Gasteiger partial charge in [-0.05, 0) is 34.6 Å². The molecule has 0 saturated carbocycles. The Balaban J connectivity index is 2.86. The summed E-state index contributed by atoms with van der Waals surface area (Å²) in [5.74, 6) is -0.171. The molecule has 0 spiro atoms. The summed E-state index contributed by atoms with van der Waals surface area (Å²) in [5, 5.41) is 12.5. The van der Waals surface area contributed by atoms with Crippen molar-refractivity contribution < 1.29 is 24.2 Å². The molecule has 0 aromatic carbocycles. The third kappa shape index (κ3) is 5.21. The second-order valence-electron chi connectivity index (χ2n) is 6.72. The van der Waals surface area contributed by atoms with E-state index in [1.807, 2.05) is 0 Å². The summed E-state index contributed by atoms with van der Waals surface area (Å²) in [5.41, 5.74) is -1.02. The molecule has 1 heterocycles. The average Bonchev–Trinajstić information content (AvgIpc) is 2.50. The fourth-order valence-electron chi connectivity index (χ4n) is 2.27. The van der Waals surface area contributed by atoms with Crippen molar-refractivity contribution in [3.63, 3.8) is 0 Å². The Hall–Kier alpha value is -1.60. The average molecular weight is 328 g/mol. The van der Waals surface area contributed by atoms with Gasteiger partial charge in [-0.25, -0.2) is 4.79 Å². The van der Waals surface area contributed by atoms with E-state index in [1.165, 1.54) is 0 Å². The molecule has 7 nitrogen and oxygen atoms in total. The van der Waals surface area contributed by atoms with Gasteiger partial charge in [0.15, 0.2) is 0 Å². The lowest BCUT2D eigenvalue weighted by Crippen LogP contribution is -2.66. The predicted molar refractivity (Wildman–Crippen MR) is 86.0 cm³/mol. The topological polar surface area (TPSA) is 88.1 Å². The van der Waals surface area contributed by atoms with E-state index in [0.29, 0.717) is 18.7 Å². The number of amides is 2. The number of ether oxygens (including phenoxy) is 2. The first kappa shape index (κ1) is 19.4. The third-order valence-corrected chi connectivity index (χ3v) is 3.67. The third-order valence-electron chi connectivity index (χ3n) is 3.67. The Kier molecular flexibility index (Phi) is 6.58. The summed E-state index contributed by atoms with van der Waals surface area (Å²) >= 11 is 0. The first-order chi connectivity index (χ1) is 10.6. The van der Waals surface area contributed by atoms with Gasteiger partial charge in [0.2, 0.25) is 5.91 Å². The highest BCUT2D eigenvalue weighted by Crippen LogP contribution is 2.22. The van der Waals surface area contributed by atoms with Crippen molar-refractivity contribution in [3.8, 4) is 0 Å². The number of rotatable bonds is 4. The minimum absolute atomic E-state index is 0.0567. The molecule has 1 aliphatic rings. The number of nitrogens with one attached hydrogen (secondary N) is 1. The maximum atomic E-state index is 12.5. The summed E-state index contributed by atoms with van der Waals surface area (Å²) in [6.07, 6.45) is 1.13. The van der Waals surface area contributed by atoms with Crippen molar-refractivity contribution in [1.29, 1.82) is 0 Å². The van der Waals surface area contributed by atoms with Gasteiger partial charge < -0.3 is 24.8 Å². The minimum Gasteiger partial charge on any atom is -0.444 e. The van der Waals surface area contributed by atoms with Crippen LogP contribution < -0.4 is 5.32 Å². The normalized spacial score (nSPS) is 22.7. The Morgan fingerprint density at radius 2 is 2.09 bits per heavy atom. The van der Waals surface area contributed by atoms with Gasteiger partial charge in [0.1, 0.15) is 11.1 Å². The van der Waals surface area contributed by atoms with Crippen LogP contribution in [0.2, 0.25) is 0 Å². The summed E-state index contributed by atoms with van der Waals surface area (Å²) in [7, 11) is 0. The molecule has 1 rings (SSSR count). The summed E-state index contributed by atoms with van der Waals surface area (Å²) in [4.78, 5) is 26.0. The molecular weight excluding hydrogens is 300 g/mol. The van der Waals surface area contributed by atoms with Crippen LogP contribution in [-0.2, 0) is 14.3 Å². The lowest BCUT2D eigenvalue weighted by Gasteiger charge is -2.46. The summed E-state index contributed by atoms with van der Waals surface area (Å²) in [6, 6.07) is 0. The van der Waals surface area contributed by atoms with E-state index in [4.69, 9.17) is 9.47 Å². The van der Waals surface area contributed by atoms with Crippen molar-refractivity contribution >= 4 is 12.0 Å². The van der Waals surface area contributed by atoms with Crippen LogP contribution in [0, 0.1) is 0 Å². The van der Waals surface area contributed by atoms with Gasteiger partial charge in [-0.1, -0.05) is 6.08 Å².